The second kappa shape index (κ2) is 11.7. The molecule has 0 bridgehead atoms. The van der Waals surface area contributed by atoms with Crippen LogP contribution < -0.4 is 16.4 Å². The molecule has 3 rings (SSSR count). The number of allylic oxidation sites excluding steroid dienone is 3. The van der Waals surface area contributed by atoms with Gasteiger partial charge in [-0.3, -0.25) is 4.79 Å². The van der Waals surface area contributed by atoms with Gasteiger partial charge in [0.25, 0.3) is 5.91 Å². The van der Waals surface area contributed by atoms with Gasteiger partial charge in [-0.15, -0.1) is 0 Å². The topological polar surface area (TPSA) is 80.0 Å². The molecule has 0 fully saturated rings. The van der Waals surface area contributed by atoms with Gasteiger partial charge in [0.2, 0.25) is 0 Å². The number of aromatic nitrogens is 1. The molecule has 0 radical (unpaired) electrons. The van der Waals surface area contributed by atoms with Crippen LogP contribution in [0.5, 0.6) is 0 Å². The van der Waals surface area contributed by atoms with Crippen molar-refractivity contribution in [3.63, 3.8) is 0 Å². The zero-order chi connectivity index (χ0) is 25.3. The molecule has 5 nitrogen and oxygen atoms in total. The fraction of sp³-hybridized carbons (Fsp3) is 0.111. The lowest BCUT2D eigenvalue weighted by Crippen LogP contribution is -2.13. The van der Waals surface area contributed by atoms with E-state index in [0.717, 1.165) is 24.1 Å². The molecule has 0 saturated heterocycles. The number of nitrogens with two attached hydrogens (primary N) is 1. The molecule has 0 unspecified atom stereocenters. The Morgan fingerprint density at radius 2 is 1.77 bits per heavy atom. The summed E-state index contributed by atoms with van der Waals surface area (Å²) >= 11 is 0. The number of halogens is 3. The SMILES string of the molecule is C=C(/C=C\C=C/N)CCNc1ccc(NC(=O)c2ccccc2-c2ccc(C(F)(F)F)cc2)cn1. The fourth-order valence-electron chi connectivity index (χ4n) is 3.23. The van der Waals surface area contributed by atoms with E-state index in [2.05, 4.69) is 22.2 Å². The molecule has 8 heteroatoms. The summed E-state index contributed by atoms with van der Waals surface area (Å²) in [5, 5.41) is 5.97. The molecule has 0 aliphatic carbocycles. The van der Waals surface area contributed by atoms with Gasteiger partial charge in [-0.05, 0) is 60.2 Å². The number of hydrogen-bond donors (Lipinski definition) is 3. The van der Waals surface area contributed by atoms with Gasteiger partial charge in [0.15, 0.2) is 0 Å². The van der Waals surface area contributed by atoms with Crippen molar-refractivity contribution in [2.45, 2.75) is 12.6 Å². The minimum Gasteiger partial charge on any atom is -0.405 e. The quantitative estimate of drug-likeness (QED) is 0.311. The summed E-state index contributed by atoms with van der Waals surface area (Å²) in [5.41, 5.74) is 7.34. The van der Waals surface area contributed by atoms with E-state index in [1.54, 1.807) is 42.5 Å². The molecule has 1 aromatic heterocycles. The highest BCUT2D eigenvalue weighted by atomic mass is 19.4. The van der Waals surface area contributed by atoms with E-state index < -0.39 is 17.6 Å². The zero-order valence-corrected chi connectivity index (χ0v) is 18.8. The first-order chi connectivity index (χ1) is 16.8. The van der Waals surface area contributed by atoms with Gasteiger partial charge in [0.1, 0.15) is 5.82 Å². The molecule has 0 aliphatic rings. The normalized spacial score (nSPS) is 11.6. The molecule has 180 valence electrons. The second-order valence-electron chi connectivity index (χ2n) is 7.59. The molecule has 0 atom stereocenters. The van der Waals surface area contributed by atoms with Gasteiger partial charge in [-0.25, -0.2) is 4.98 Å². The van der Waals surface area contributed by atoms with Crippen LogP contribution in [0.4, 0.5) is 24.7 Å². The highest BCUT2D eigenvalue weighted by Gasteiger charge is 2.30. The van der Waals surface area contributed by atoms with E-state index in [9.17, 15) is 18.0 Å². The van der Waals surface area contributed by atoms with Gasteiger partial charge < -0.3 is 16.4 Å². The van der Waals surface area contributed by atoms with E-state index in [-0.39, 0.29) is 0 Å². The summed E-state index contributed by atoms with van der Waals surface area (Å²) in [6, 6.07) is 14.9. The van der Waals surface area contributed by atoms with E-state index in [4.69, 9.17) is 5.73 Å². The first-order valence-corrected chi connectivity index (χ1v) is 10.8. The van der Waals surface area contributed by atoms with E-state index in [1.807, 2.05) is 12.2 Å². The maximum absolute atomic E-state index is 12.9. The summed E-state index contributed by atoms with van der Waals surface area (Å²) in [4.78, 5) is 17.2. The number of benzene rings is 2. The lowest BCUT2D eigenvalue weighted by molar-refractivity contribution is -0.137. The molecule has 2 aromatic carbocycles. The smallest absolute Gasteiger partial charge is 0.405 e. The van der Waals surface area contributed by atoms with Crippen LogP contribution in [0.15, 0.2) is 103 Å². The van der Waals surface area contributed by atoms with E-state index >= 15 is 0 Å². The number of anilines is 2. The Hall–Kier alpha value is -4.33. The van der Waals surface area contributed by atoms with E-state index in [0.29, 0.717) is 34.7 Å². The maximum Gasteiger partial charge on any atom is 0.416 e. The average Bonchev–Trinajstić information content (AvgIpc) is 2.85. The molecule has 1 heterocycles. The third-order valence-corrected chi connectivity index (χ3v) is 5.02. The summed E-state index contributed by atoms with van der Waals surface area (Å²) < 4.78 is 38.6. The lowest BCUT2D eigenvalue weighted by Gasteiger charge is -2.12. The number of carbonyl (C=O) groups is 1. The maximum atomic E-state index is 12.9. The predicted molar refractivity (Wildman–Crippen MR) is 134 cm³/mol. The Bertz CT molecular complexity index is 1210. The fourth-order valence-corrected chi connectivity index (χ4v) is 3.23. The molecule has 0 spiro atoms. The van der Waals surface area contributed by atoms with Crippen molar-refractivity contribution in [2.75, 3.05) is 17.2 Å². The van der Waals surface area contributed by atoms with Crippen LogP contribution in [0.3, 0.4) is 0 Å². The summed E-state index contributed by atoms with van der Waals surface area (Å²) in [6.45, 7) is 4.59. The van der Waals surface area contributed by atoms with Crippen LogP contribution in [-0.2, 0) is 6.18 Å². The Labute approximate surface area is 201 Å². The van der Waals surface area contributed by atoms with Gasteiger partial charge in [-0.2, -0.15) is 13.2 Å². The largest absolute Gasteiger partial charge is 0.416 e. The Morgan fingerprint density at radius 3 is 2.43 bits per heavy atom. The van der Waals surface area contributed by atoms with Crippen molar-refractivity contribution in [3.8, 4) is 11.1 Å². The standard InChI is InChI=1S/C27H25F3N4O/c1-19(6-4-5-16-31)15-17-32-25-14-13-22(18-33-25)34-26(35)24-8-3-2-7-23(24)20-9-11-21(12-10-20)27(28,29)30/h2-14,16,18H,1,15,17,31H2,(H,32,33)(H,34,35)/b6-4-,16-5-. The Balaban J connectivity index is 1.63. The van der Waals surface area contributed by atoms with Crippen LogP contribution >= 0.6 is 0 Å². The molecular formula is C27H25F3N4O. The molecule has 35 heavy (non-hydrogen) atoms. The molecule has 0 aliphatic heterocycles. The minimum absolute atomic E-state index is 0.338. The van der Waals surface area contributed by atoms with Crippen LogP contribution in [0.2, 0.25) is 0 Å². The third-order valence-electron chi connectivity index (χ3n) is 5.02. The molecule has 3 aromatic rings. The zero-order valence-electron chi connectivity index (χ0n) is 18.8. The lowest BCUT2D eigenvalue weighted by atomic mass is 9.98. The Morgan fingerprint density at radius 1 is 1.03 bits per heavy atom. The number of nitrogens with zero attached hydrogens (tertiary/aromatic N) is 1. The van der Waals surface area contributed by atoms with Crippen molar-refractivity contribution in [1.29, 1.82) is 0 Å². The minimum atomic E-state index is -4.42. The molecule has 1 amide bonds. The van der Waals surface area contributed by atoms with Crippen molar-refractivity contribution in [2.24, 2.45) is 5.73 Å². The van der Waals surface area contributed by atoms with Crippen LogP contribution in [0.1, 0.15) is 22.3 Å². The number of carbonyl (C=O) groups excluding carboxylic acids is 1. The van der Waals surface area contributed by atoms with E-state index in [1.165, 1.54) is 24.5 Å². The number of nitrogens with one attached hydrogen (secondary N) is 2. The Kier molecular flexibility index (Phi) is 8.45. The van der Waals surface area contributed by atoms with Crippen LogP contribution in [0, 0.1) is 0 Å². The number of amides is 1. The van der Waals surface area contributed by atoms with Gasteiger partial charge in [-0.1, -0.05) is 54.6 Å². The first-order valence-electron chi connectivity index (χ1n) is 10.8. The summed E-state index contributed by atoms with van der Waals surface area (Å²) in [7, 11) is 0. The van der Waals surface area contributed by atoms with Crippen molar-refractivity contribution >= 4 is 17.4 Å². The van der Waals surface area contributed by atoms with Crippen molar-refractivity contribution < 1.29 is 18.0 Å². The summed E-state index contributed by atoms with van der Waals surface area (Å²) in [6.07, 6.45) is 4.68. The summed E-state index contributed by atoms with van der Waals surface area (Å²) in [5.74, 6) is 0.254. The van der Waals surface area contributed by atoms with Crippen molar-refractivity contribution in [3.05, 3.63) is 115 Å². The number of pyridine rings is 1. The van der Waals surface area contributed by atoms with Crippen LogP contribution in [0.25, 0.3) is 11.1 Å². The van der Waals surface area contributed by atoms with Gasteiger partial charge in [0.05, 0.1) is 17.4 Å². The highest BCUT2D eigenvalue weighted by molar-refractivity contribution is 6.08. The molecule has 0 saturated carbocycles. The first kappa shape index (κ1) is 25.3. The average molecular weight is 479 g/mol. The second-order valence-corrected chi connectivity index (χ2v) is 7.59. The van der Waals surface area contributed by atoms with Crippen LogP contribution in [-0.4, -0.2) is 17.4 Å². The van der Waals surface area contributed by atoms with Crippen molar-refractivity contribution in [1.82, 2.24) is 4.98 Å². The molecule has 4 N–H and O–H groups in total. The van der Waals surface area contributed by atoms with Gasteiger partial charge >= 0.3 is 6.18 Å². The third kappa shape index (κ3) is 7.33. The monoisotopic (exact) mass is 478 g/mol. The predicted octanol–water partition coefficient (Wildman–Crippen LogP) is 6.41. The number of hydrogen-bond acceptors (Lipinski definition) is 4. The number of alkyl halides is 3. The highest BCUT2D eigenvalue weighted by Crippen LogP contribution is 2.32. The molecular weight excluding hydrogens is 453 g/mol. The van der Waals surface area contributed by atoms with Gasteiger partial charge in [0, 0.05) is 12.1 Å². The number of rotatable bonds is 9.